The first-order valence-electron chi connectivity index (χ1n) is 8.49. The van der Waals surface area contributed by atoms with E-state index < -0.39 is 0 Å². The highest BCUT2D eigenvalue weighted by atomic mass is 15.1. The first-order chi connectivity index (χ1) is 9.94. The molecular formula is C19H32N2. The van der Waals surface area contributed by atoms with E-state index in [0.717, 1.165) is 12.5 Å². The molecule has 2 nitrogen and oxygen atoms in total. The molecule has 2 rings (SSSR count). The Morgan fingerprint density at radius 1 is 1.05 bits per heavy atom. The van der Waals surface area contributed by atoms with Gasteiger partial charge in [-0.3, -0.25) is 0 Å². The highest BCUT2D eigenvalue weighted by Crippen LogP contribution is 2.26. The van der Waals surface area contributed by atoms with E-state index in [1.165, 1.54) is 49.9 Å². The summed E-state index contributed by atoms with van der Waals surface area (Å²) in [5.74, 6) is 0.894. The molecule has 1 aliphatic carbocycles. The van der Waals surface area contributed by atoms with Crippen molar-refractivity contribution in [2.75, 3.05) is 18.5 Å². The fraction of sp³-hybridized carbons (Fsp3) is 0.684. The van der Waals surface area contributed by atoms with Gasteiger partial charge in [-0.25, -0.2) is 0 Å². The van der Waals surface area contributed by atoms with Gasteiger partial charge in [-0.1, -0.05) is 31.4 Å². The lowest BCUT2D eigenvalue weighted by Crippen LogP contribution is -2.35. The summed E-state index contributed by atoms with van der Waals surface area (Å²) in [4.78, 5) is 2.43. The Bertz CT molecular complexity index is 410. The summed E-state index contributed by atoms with van der Waals surface area (Å²) in [6, 6.07) is 9.04. The van der Waals surface area contributed by atoms with Crippen LogP contribution in [-0.4, -0.2) is 19.1 Å². The van der Waals surface area contributed by atoms with Crippen LogP contribution < -0.4 is 10.2 Å². The van der Waals surface area contributed by atoms with E-state index in [1.807, 2.05) is 0 Å². The van der Waals surface area contributed by atoms with Gasteiger partial charge in [0.1, 0.15) is 0 Å². The molecule has 1 aromatic carbocycles. The second-order valence-electron chi connectivity index (χ2n) is 7.65. The molecule has 1 saturated carbocycles. The van der Waals surface area contributed by atoms with Gasteiger partial charge in [0.2, 0.25) is 0 Å². The molecule has 1 aromatic rings. The van der Waals surface area contributed by atoms with Crippen molar-refractivity contribution in [3.8, 4) is 0 Å². The van der Waals surface area contributed by atoms with Gasteiger partial charge in [-0.05, 0) is 57.2 Å². The Kier molecular flexibility index (Phi) is 5.69. The molecule has 0 aromatic heterocycles. The van der Waals surface area contributed by atoms with Crippen LogP contribution in [0.2, 0.25) is 0 Å². The van der Waals surface area contributed by atoms with Crippen molar-refractivity contribution in [1.29, 1.82) is 0 Å². The van der Waals surface area contributed by atoms with Crippen molar-refractivity contribution in [3.63, 3.8) is 0 Å². The van der Waals surface area contributed by atoms with Gasteiger partial charge in [0.05, 0.1) is 0 Å². The van der Waals surface area contributed by atoms with E-state index in [2.05, 4.69) is 62.3 Å². The first kappa shape index (κ1) is 16.4. The quantitative estimate of drug-likeness (QED) is 0.852. The van der Waals surface area contributed by atoms with Gasteiger partial charge in [-0.15, -0.1) is 0 Å². The molecule has 0 saturated heterocycles. The summed E-state index contributed by atoms with van der Waals surface area (Å²) in [5.41, 5.74) is 2.89. The van der Waals surface area contributed by atoms with Crippen LogP contribution in [-0.2, 0) is 6.54 Å². The SMILES string of the molecule is CN(CC1CCCCC1)c1ccc(CNC(C)(C)C)cc1. The molecule has 0 amide bonds. The number of nitrogens with zero attached hydrogens (tertiary/aromatic N) is 1. The van der Waals surface area contributed by atoms with Crippen LogP contribution in [0.5, 0.6) is 0 Å². The summed E-state index contributed by atoms with van der Waals surface area (Å²) in [7, 11) is 2.23. The summed E-state index contributed by atoms with van der Waals surface area (Å²) >= 11 is 0. The molecule has 0 heterocycles. The smallest absolute Gasteiger partial charge is 0.0363 e. The zero-order chi connectivity index (χ0) is 15.3. The standard InChI is InChI=1S/C19H32N2/c1-19(2,3)20-14-16-10-12-18(13-11-16)21(4)15-17-8-6-5-7-9-17/h10-13,17,20H,5-9,14-15H2,1-4H3. The Morgan fingerprint density at radius 3 is 2.24 bits per heavy atom. The monoisotopic (exact) mass is 288 g/mol. The normalized spacial score (nSPS) is 17.0. The molecule has 1 aliphatic rings. The lowest BCUT2D eigenvalue weighted by Gasteiger charge is -2.28. The number of hydrogen-bond acceptors (Lipinski definition) is 2. The maximum absolute atomic E-state index is 3.54. The highest BCUT2D eigenvalue weighted by molar-refractivity contribution is 5.46. The molecule has 1 N–H and O–H groups in total. The van der Waals surface area contributed by atoms with E-state index in [0.29, 0.717) is 0 Å². The van der Waals surface area contributed by atoms with Crippen molar-refractivity contribution in [1.82, 2.24) is 5.32 Å². The van der Waals surface area contributed by atoms with Gasteiger partial charge in [0.25, 0.3) is 0 Å². The van der Waals surface area contributed by atoms with Crippen LogP contribution in [0.1, 0.15) is 58.4 Å². The number of benzene rings is 1. The zero-order valence-corrected chi connectivity index (χ0v) is 14.3. The largest absolute Gasteiger partial charge is 0.374 e. The van der Waals surface area contributed by atoms with Crippen LogP contribution in [0.4, 0.5) is 5.69 Å². The Labute approximate surface area is 130 Å². The van der Waals surface area contributed by atoms with Crippen molar-refractivity contribution in [3.05, 3.63) is 29.8 Å². The summed E-state index contributed by atoms with van der Waals surface area (Å²) in [6.45, 7) is 8.77. The second-order valence-corrected chi connectivity index (χ2v) is 7.65. The minimum absolute atomic E-state index is 0.177. The molecule has 118 valence electrons. The lowest BCUT2D eigenvalue weighted by molar-refractivity contribution is 0.362. The molecule has 1 fully saturated rings. The average molecular weight is 288 g/mol. The molecule has 0 unspecified atom stereocenters. The average Bonchev–Trinajstić information content (AvgIpc) is 2.46. The van der Waals surface area contributed by atoms with E-state index >= 15 is 0 Å². The summed E-state index contributed by atoms with van der Waals surface area (Å²) in [6.07, 6.45) is 7.12. The van der Waals surface area contributed by atoms with Crippen LogP contribution in [0.25, 0.3) is 0 Å². The molecule has 21 heavy (non-hydrogen) atoms. The first-order valence-corrected chi connectivity index (χ1v) is 8.49. The highest BCUT2D eigenvalue weighted by Gasteiger charge is 2.15. The fourth-order valence-corrected chi connectivity index (χ4v) is 3.10. The van der Waals surface area contributed by atoms with Gasteiger partial charge in [0.15, 0.2) is 0 Å². The maximum Gasteiger partial charge on any atom is 0.0363 e. The molecular weight excluding hydrogens is 256 g/mol. The van der Waals surface area contributed by atoms with Crippen molar-refractivity contribution < 1.29 is 0 Å². The van der Waals surface area contributed by atoms with Crippen LogP contribution in [0.3, 0.4) is 0 Å². The van der Waals surface area contributed by atoms with Crippen molar-refractivity contribution in [2.24, 2.45) is 5.92 Å². The van der Waals surface area contributed by atoms with Crippen LogP contribution in [0.15, 0.2) is 24.3 Å². The van der Waals surface area contributed by atoms with Crippen molar-refractivity contribution >= 4 is 5.69 Å². The third-order valence-corrected chi connectivity index (χ3v) is 4.46. The van der Waals surface area contributed by atoms with E-state index in [9.17, 15) is 0 Å². The maximum atomic E-state index is 3.54. The predicted molar refractivity (Wildman–Crippen MR) is 92.9 cm³/mol. The van der Waals surface area contributed by atoms with E-state index in [4.69, 9.17) is 0 Å². The molecule has 0 aliphatic heterocycles. The summed E-state index contributed by atoms with van der Waals surface area (Å²) < 4.78 is 0. The number of nitrogens with one attached hydrogen (secondary N) is 1. The third kappa shape index (κ3) is 5.70. The zero-order valence-electron chi connectivity index (χ0n) is 14.3. The molecule has 2 heteroatoms. The molecule has 0 bridgehead atoms. The third-order valence-electron chi connectivity index (χ3n) is 4.46. The molecule has 0 radical (unpaired) electrons. The van der Waals surface area contributed by atoms with Crippen LogP contribution >= 0.6 is 0 Å². The minimum atomic E-state index is 0.177. The predicted octanol–water partition coefficient (Wildman–Crippen LogP) is 4.59. The Balaban J connectivity index is 1.85. The van der Waals surface area contributed by atoms with Gasteiger partial charge < -0.3 is 10.2 Å². The molecule has 0 spiro atoms. The van der Waals surface area contributed by atoms with Gasteiger partial charge >= 0.3 is 0 Å². The van der Waals surface area contributed by atoms with Crippen molar-refractivity contribution in [2.45, 2.75) is 65.0 Å². The number of anilines is 1. The number of rotatable bonds is 5. The van der Waals surface area contributed by atoms with Crippen LogP contribution in [0, 0.1) is 5.92 Å². The topological polar surface area (TPSA) is 15.3 Å². The second kappa shape index (κ2) is 7.31. The summed E-state index contributed by atoms with van der Waals surface area (Å²) in [5, 5.41) is 3.54. The van der Waals surface area contributed by atoms with E-state index in [1.54, 1.807) is 0 Å². The number of hydrogen-bond donors (Lipinski definition) is 1. The van der Waals surface area contributed by atoms with Gasteiger partial charge in [0, 0.05) is 31.4 Å². The Hall–Kier alpha value is -1.02. The minimum Gasteiger partial charge on any atom is -0.374 e. The lowest BCUT2D eigenvalue weighted by atomic mass is 9.89. The molecule has 0 atom stereocenters. The fourth-order valence-electron chi connectivity index (χ4n) is 3.10. The van der Waals surface area contributed by atoms with E-state index in [-0.39, 0.29) is 5.54 Å². The Morgan fingerprint density at radius 2 is 1.67 bits per heavy atom. The van der Waals surface area contributed by atoms with Gasteiger partial charge in [-0.2, -0.15) is 0 Å².